The summed E-state index contributed by atoms with van der Waals surface area (Å²) < 4.78 is 16.8. The van der Waals surface area contributed by atoms with Gasteiger partial charge in [-0.25, -0.2) is 0 Å². The van der Waals surface area contributed by atoms with Crippen LogP contribution in [-0.2, 0) is 23.8 Å². The topological polar surface area (TPSA) is 61.8 Å². The minimum atomic E-state index is -0.529. The molecule has 0 aromatic carbocycles. The van der Waals surface area contributed by atoms with Gasteiger partial charge in [0.1, 0.15) is 0 Å². The fourth-order valence-electron chi connectivity index (χ4n) is 2.85. The maximum absolute atomic E-state index is 11.5. The minimum Gasteiger partial charge on any atom is -0.466 e. The van der Waals surface area contributed by atoms with Crippen molar-refractivity contribution in [2.45, 2.75) is 51.4 Å². The number of hydrogen-bond acceptors (Lipinski definition) is 6. The molecule has 0 radical (unpaired) electrons. The van der Waals surface area contributed by atoms with E-state index >= 15 is 0 Å². The van der Waals surface area contributed by atoms with Crippen LogP contribution in [0.1, 0.15) is 39.5 Å². The van der Waals surface area contributed by atoms with Gasteiger partial charge in [0, 0.05) is 31.9 Å². The second-order valence-corrected chi connectivity index (χ2v) is 6.58. The van der Waals surface area contributed by atoms with Gasteiger partial charge in [0.15, 0.2) is 10.9 Å². The molecule has 20 heavy (non-hydrogen) atoms. The summed E-state index contributed by atoms with van der Waals surface area (Å²) in [5.74, 6) is 0.239. The quantitative estimate of drug-likeness (QED) is 0.725. The minimum absolute atomic E-state index is 0.0229. The number of esters is 1. The Morgan fingerprint density at radius 2 is 2.25 bits per heavy atom. The summed E-state index contributed by atoms with van der Waals surface area (Å²) in [6.45, 7) is 4.33. The Hall–Kier alpha value is -0.590. The smallest absolute Gasteiger partial charge is 0.306 e. The summed E-state index contributed by atoms with van der Waals surface area (Å²) in [4.78, 5) is 22.5. The summed E-state index contributed by atoms with van der Waals surface area (Å²) in [5, 5.41) is 0.0983. The molecular weight excluding hydrogens is 280 g/mol. The van der Waals surface area contributed by atoms with Crippen molar-refractivity contribution < 1.29 is 23.8 Å². The lowest BCUT2D eigenvalue weighted by Crippen LogP contribution is -2.28. The summed E-state index contributed by atoms with van der Waals surface area (Å²) in [5.41, 5.74) is 0. The second kappa shape index (κ2) is 6.91. The van der Waals surface area contributed by atoms with Crippen molar-refractivity contribution in [3.63, 3.8) is 0 Å². The van der Waals surface area contributed by atoms with Gasteiger partial charge in [-0.15, -0.1) is 0 Å². The number of thioether (sulfide) groups is 1. The Bertz CT molecular complexity index is 373. The molecule has 5 nitrogen and oxygen atoms in total. The summed E-state index contributed by atoms with van der Waals surface area (Å²) in [7, 11) is 0. The van der Waals surface area contributed by atoms with Gasteiger partial charge >= 0.3 is 5.97 Å². The molecule has 0 aromatic heterocycles. The number of carbonyl (C=O) groups excluding carboxylic acids is 2. The van der Waals surface area contributed by atoms with Crippen LogP contribution in [0.15, 0.2) is 0 Å². The van der Waals surface area contributed by atoms with Crippen LogP contribution in [0.25, 0.3) is 0 Å². The highest BCUT2D eigenvalue weighted by atomic mass is 32.2. The highest BCUT2D eigenvalue weighted by Crippen LogP contribution is 2.44. The first-order chi connectivity index (χ1) is 9.53. The Kier molecular flexibility index (Phi) is 5.46. The lowest BCUT2D eigenvalue weighted by atomic mass is 10.0. The molecule has 1 heterocycles. The molecule has 1 aliphatic heterocycles. The fraction of sp³-hybridized carbons (Fsp3) is 0.857. The van der Waals surface area contributed by atoms with Crippen LogP contribution in [0.3, 0.4) is 0 Å². The van der Waals surface area contributed by atoms with Gasteiger partial charge in [-0.1, -0.05) is 11.8 Å². The molecule has 3 atom stereocenters. The fourth-order valence-corrected chi connectivity index (χ4v) is 3.43. The standard InChI is InChI=1S/C14H22O5S/c1-3-17-13(16)6-11-4-5-14(7-11)18-8-12(19-14)9-20-10(2)15/h11-12H,3-9H2,1-2H3. The van der Waals surface area contributed by atoms with Crippen molar-refractivity contribution >= 4 is 22.8 Å². The Morgan fingerprint density at radius 1 is 1.45 bits per heavy atom. The van der Waals surface area contributed by atoms with Gasteiger partial charge in [-0.05, 0) is 19.3 Å². The number of rotatable bonds is 5. The molecule has 6 heteroatoms. The van der Waals surface area contributed by atoms with Crippen LogP contribution in [-0.4, -0.2) is 41.9 Å². The van der Waals surface area contributed by atoms with Crippen LogP contribution in [0.4, 0.5) is 0 Å². The van der Waals surface area contributed by atoms with Crippen molar-refractivity contribution in [2.24, 2.45) is 5.92 Å². The summed E-state index contributed by atoms with van der Waals surface area (Å²) >= 11 is 1.27. The molecule has 1 saturated carbocycles. The third-order valence-electron chi connectivity index (χ3n) is 3.68. The monoisotopic (exact) mass is 302 g/mol. The number of ether oxygens (including phenoxy) is 3. The average Bonchev–Trinajstić information content (AvgIpc) is 2.95. The molecule has 1 saturated heterocycles. The molecule has 0 amide bonds. The maximum atomic E-state index is 11.5. The van der Waals surface area contributed by atoms with E-state index in [-0.39, 0.29) is 23.1 Å². The zero-order valence-corrected chi connectivity index (χ0v) is 12.9. The Labute approximate surface area is 123 Å². The first-order valence-corrected chi connectivity index (χ1v) is 8.12. The van der Waals surface area contributed by atoms with Gasteiger partial charge in [0.2, 0.25) is 0 Å². The van der Waals surface area contributed by atoms with E-state index in [4.69, 9.17) is 14.2 Å². The Balaban J connectivity index is 1.77. The van der Waals surface area contributed by atoms with Crippen LogP contribution in [0.5, 0.6) is 0 Å². The van der Waals surface area contributed by atoms with Crippen molar-refractivity contribution in [2.75, 3.05) is 19.0 Å². The number of carbonyl (C=O) groups is 2. The van der Waals surface area contributed by atoms with E-state index in [1.807, 2.05) is 6.92 Å². The molecule has 0 aromatic rings. The molecule has 2 aliphatic rings. The third kappa shape index (κ3) is 4.20. The molecule has 2 fully saturated rings. The first-order valence-electron chi connectivity index (χ1n) is 7.14. The van der Waals surface area contributed by atoms with Crippen LogP contribution in [0.2, 0.25) is 0 Å². The average molecular weight is 302 g/mol. The van der Waals surface area contributed by atoms with Gasteiger partial charge in [-0.2, -0.15) is 0 Å². The largest absolute Gasteiger partial charge is 0.466 e. The highest BCUT2D eigenvalue weighted by molar-refractivity contribution is 8.13. The highest BCUT2D eigenvalue weighted by Gasteiger charge is 2.47. The first kappa shape index (κ1) is 15.8. The van der Waals surface area contributed by atoms with E-state index in [2.05, 4.69) is 0 Å². The van der Waals surface area contributed by atoms with E-state index in [9.17, 15) is 9.59 Å². The van der Waals surface area contributed by atoms with Crippen LogP contribution >= 0.6 is 11.8 Å². The van der Waals surface area contributed by atoms with Gasteiger partial charge in [0.05, 0.1) is 19.3 Å². The zero-order valence-electron chi connectivity index (χ0n) is 12.1. The van der Waals surface area contributed by atoms with Crippen molar-refractivity contribution in [1.29, 1.82) is 0 Å². The summed E-state index contributed by atoms with van der Waals surface area (Å²) in [6, 6.07) is 0. The SMILES string of the molecule is CCOC(=O)CC1CCC2(C1)OCC(CSC(C)=O)O2. The van der Waals surface area contributed by atoms with Gasteiger partial charge in [0.25, 0.3) is 0 Å². The van der Waals surface area contributed by atoms with Crippen LogP contribution in [0, 0.1) is 5.92 Å². The predicted octanol–water partition coefficient (Wildman–Crippen LogP) is 2.13. The second-order valence-electron chi connectivity index (χ2n) is 5.38. The zero-order chi connectivity index (χ0) is 14.6. The van der Waals surface area contributed by atoms with E-state index in [0.29, 0.717) is 25.4 Å². The molecule has 1 spiro atoms. The maximum Gasteiger partial charge on any atom is 0.306 e. The van der Waals surface area contributed by atoms with Gasteiger partial charge < -0.3 is 14.2 Å². The number of hydrogen-bond donors (Lipinski definition) is 0. The predicted molar refractivity (Wildman–Crippen MR) is 75.3 cm³/mol. The molecular formula is C14H22O5S. The molecule has 114 valence electrons. The van der Waals surface area contributed by atoms with E-state index < -0.39 is 5.79 Å². The lowest BCUT2D eigenvalue weighted by Gasteiger charge is -2.22. The molecule has 0 N–H and O–H groups in total. The molecule has 3 unspecified atom stereocenters. The van der Waals surface area contributed by atoms with Gasteiger partial charge in [-0.3, -0.25) is 9.59 Å². The molecule has 0 bridgehead atoms. The van der Waals surface area contributed by atoms with Crippen LogP contribution < -0.4 is 0 Å². The molecule has 1 aliphatic carbocycles. The van der Waals surface area contributed by atoms with Crippen molar-refractivity contribution in [3.05, 3.63) is 0 Å². The third-order valence-corrected chi connectivity index (χ3v) is 4.63. The molecule has 2 rings (SSSR count). The van der Waals surface area contributed by atoms with Crippen molar-refractivity contribution in [3.8, 4) is 0 Å². The lowest BCUT2D eigenvalue weighted by molar-refractivity contribution is -0.162. The Morgan fingerprint density at radius 3 is 2.95 bits per heavy atom. The summed E-state index contributed by atoms with van der Waals surface area (Å²) in [6.07, 6.45) is 2.90. The van der Waals surface area contributed by atoms with E-state index in [0.717, 1.165) is 19.3 Å². The van der Waals surface area contributed by atoms with E-state index in [1.165, 1.54) is 11.8 Å². The normalized spacial score (nSPS) is 32.7. The van der Waals surface area contributed by atoms with Crippen molar-refractivity contribution in [1.82, 2.24) is 0 Å². The van der Waals surface area contributed by atoms with E-state index in [1.54, 1.807) is 6.92 Å².